The molecule has 156 valence electrons. The first-order valence-corrected chi connectivity index (χ1v) is 10.8. The summed E-state index contributed by atoms with van der Waals surface area (Å²) in [7, 11) is 0. The third kappa shape index (κ3) is 6.69. The summed E-state index contributed by atoms with van der Waals surface area (Å²) < 4.78 is 0. The smallest absolute Gasteiger partial charge is 0.0240 e. The van der Waals surface area contributed by atoms with Crippen molar-refractivity contribution in [2.45, 2.75) is 45.8 Å². The van der Waals surface area contributed by atoms with Gasteiger partial charge in [-0.05, 0) is 33.2 Å². The summed E-state index contributed by atoms with van der Waals surface area (Å²) in [6.07, 6.45) is 4.46. The van der Waals surface area contributed by atoms with Crippen LogP contribution in [0.25, 0.3) is 6.08 Å². The van der Waals surface area contributed by atoms with Crippen LogP contribution in [0.5, 0.6) is 0 Å². The van der Waals surface area contributed by atoms with Crippen LogP contribution >= 0.6 is 0 Å². The van der Waals surface area contributed by atoms with Crippen LogP contribution < -0.4 is 5.73 Å². The molecule has 2 heteroatoms. The van der Waals surface area contributed by atoms with Crippen molar-refractivity contribution in [2.24, 2.45) is 5.73 Å². The van der Waals surface area contributed by atoms with E-state index in [1.165, 1.54) is 27.8 Å². The van der Waals surface area contributed by atoms with E-state index in [1.807, 2.05) is 0 Å². The Morgan fingerprint density at radius 1 is 0.733 bits per heavy atom. The predicted octanol–water partition coefficient (Wildman–Crippen LogP) is 6.16. The molecule has 0 unspecified atom stereocenters. The molecule has 0 radical (unpaired) electrons. The molecule has 0 bridgehead atoms. The van der Waals surface area contributed by atoms with Crippen molar-refractivity contribution in [3.8, 4) is 0 Å². The third-order valence-electron chi connectivity index (χ3n) is 5.36. The monoisotopic (exact) mass is 398 g/mol. The molecular formula is C28H34N2. The largest absolute Gasteiger partial charge is 0.326 e. The van der Waals surface area contributed by atoms with E-state index >= 15 is 0 Å². The van der Waals surface area contributed by atoms with Gasteiger partial charge in [-0.1, -0.05) is 112 Å². The van der Waals surface area contributed by atoms with Gasteiger partial charge in [0.1, 0.15) is 0 Å². The molecule has 3 rings (SSSR count). The maximum Gasteiger partial charge on any atom is 0.0240 e. The zero-order valence-electron chi connectivity index (χ0n) is 18.5. The lowest BCUT2D eigenvalue weighted by molar-refractivity contribution is 0.286. The Hall–Kier alpha value is -2.68. The van der Waals surface area contributed by atoms with Gasteiger partial charge in [0.2, 0.25) is 0 Å². The topological polar surface area (TPSA) is 29.3 Å². The van der Waals surface area contributed by atoms with Crippen molar-refractivity contribution < 1.29 is 0 Å². The van der Waals surface area contributed by atoms with Crippen molar-refractivity contribution in [3.05, 3.63) is 113 Å². The Bertz CT molecular complexity index is 917. The zero-order chi connectivity index (χ0) is 21.4. The minimum Gasteiger partial charge on any atom is -0.326 e. The quantitative estimate of drug-likeness (QED) is 0.492. The van der Waals surface area contributed by atoms with Crippen LogP contribution in [-0.2, 0) is 25.0 Å². The summed E-state index contributed by atoms with van der Waals surface area (Å²) in [4.78, 5) is 2.48. The van der Waals surface area contributed by atoms with Gasteiger partial charge in [0.25, 0.3) is 0 Å². The lowest BCUT2D eigenvalue weighted by atomic mass is 9.87. The molecule has 0 saturated carbocycles. The predicted molar refractivity (Wildman–Crippen MR) is 129 cm³/mol. The highest BCUT2D eigenvalue weighted by Crippen LogP contribution is 2.23. The first-order chi connectivity index (χ1) is 14.4. The fourth-order valence-electron chi connectivity index (χ4n) is 3.49. The molecule has 0 amide bonds. The van der Waals surface area contributed by atoms with Gasteiger partial charge < -0.3 is 5.73 Å². The molecule has 0 aliphatic heterocycles. The van der Waals surface area contributed by atoms with E-state index in [1.54, 1.807) is 0 Å². The summed E-state index contributed by atoms with van der Waals surface area (Å²) in [6, 6.07) is 28.2. The molecular weight excluding hydrogens is 364 g/mol. The number of nitrogens with zero attached hydrogens (tertiary/aromatic N) is 1. The maximum atomic E-state index is 5.75. The Kier molecular flexibility index (Phi) is 7.62. The molecule has 0 aliphatic carbocycles. The van der Waals surface area contributed by atoms with Crippen molar-refractivity contribution in [2.75, 3.05) is 6.54 Å². The molecule has 0 aromatic heterocycles. The van der Waals surface area contributed by atoms with Gasteiger partial charge in [-0.3, -0.25) is 4.90 Å². The van der Waals surface area contributed by atoms with E-state index in [2.05, 4.69) is 117 Å². The van der Waals surface area contributed by atoms with Crippen LogP contribution in [0.4, 0.5) is 0 Å². The lowest BCUT2D eigenvalue weighted by Crippen LogP contribution is -2.23. The highest BCUT2D eigenvalue weighted by Gasteiger charge is 2.13. The molecule has 3 aromatic carbocycles. The Balaban J connectivity index is 1.72. The van der Waals surface area contributed by atoms with Gasteiger partial charge in [0.15, 0.2) is 0 Å². The van der Waals surface area contributed by atoms with Crippen LogP contribution in [0.3, 0.4) is 0 Å². The van der Waals surface area contributed by atoms with E-state index < -0.39 is 0 Å². The van der Waals surface area contributed by atoms with E-state index in [-0.39, 0.29) is 5.41 Å². The molecule has 30 heavy (non-hydrogen) atoms. The summed E-state index contributed by atoms with van der Waals surface area (Å²) in [6.45, 7) is 10.1. The Labute approximate surface area is 182 Å². The van der Waals surface area contributed by atoms with E-state index in [9.17, 15) is 0 Å². The van der Waals surface area contributed by atoms with Gasteiger partial charge in [-0.25, -0.2) is 0 Å². The second kappa shape index (κ2) is 10.4. The molecule has 0 aliphatic rings. The third-order valence-corrected chi connectivity index (χ3v) is 5.36. The first-order valence-electron chi connectivity index (χ1n) is 10.8. The van der Waals surface area contributed by atoms with Gasteiger partial charge in [0, 0.05) is 26.2 Å². The second-order valence-corrected chi connectivity index (χ2v) is 8.95. The first kappa shape index (κ1) is 22.0. The standard InChI is InChI=1S/C28H34N2/c1-28(2,3)27-17-15-26(16-18-27)22-30(19-7-10-23-8-5-4-6-9-23)21-25-13-11-24(20-29)12-14-25/h4-18H,19-22,29H2,1-3H3. The van der Waals surface area contributed by atoms with Crippen molar-refractivity contribution >= 4 is 6.08 Å². The highest BCUT2D eigenvalue weighted by atomic mass is 15.1. The Morgan fingerprint density at radius 2 is 1.27 bits per heavy atom. The van der Waals surface area contributed by atoms with E-state index in [0.717, 1.165) is 19.6 Å². The average Bonchev–Trinajstić information content (AvgIpc) is 2.75. The van der Waals surface area contributed by atoms with Crippen molar-refractivity contribution in [1.82, 2.24) is 4.90 Å². The highest BCUT2D eigenvalue weighted by molar-refractivity contribution is 5.48. The molecule has 3 aromatic rings. The van der Waals surface area contributed by atoms with Crippen molar-refractivity contribution in [3.63, 3.8) is 0 Å². The summed E-state index contributed by atoms with van der Waals surface area (Å²) in [5.41, 5.74) is 12.4. The van der Waals surface area contributed by atoms with Gasteiger partial charge >= 0.3 is 0 Å². The van der Waals surface area contributed by atoms with Crippen molar-refractivity contribution in [1.29, 1.82) is 0 Å². The van der Waals surface area contributed by atoms with E-state index in [4.69, 9.17) is 5.73 Å². The average molecular weight is 399 g/mol. The molecule has 2 N–H and O–H groups in total. The number of nitrogens with two attached hydrogens (primary N) is 1. The molecule has 0 spiro atoms. The number of rotatable bonds is 8. The number of hydrogen-bond donors (Lipinski definition) is 1. The zero-order valence-corrected chi connectivity index (χ0v) is 18.5. The summed E-state index contributed by atoms with van der Waals surface area (Å²) in [5.74, 6) is 0. The molecule has 0 fully saturated rings. The summed E-state index contributed by atoms with van der Waals surface area (Å²) >= 11 is 0. The van der Waals surface area contributed by atoms with Gasteiger partial charge in [-0.15, -0.1) is 0 Å². The molecule has 2 nitrogen and oxygen atoms in total. The van der Waals surface area contributed by atoms with Crippen LogP contribution in [-0.4, -0.2) is 11.4 Å². The van der Waals surface area contributed by atoms with Crippen LogP contribution in [0, 0.1) is 0 Å². The summed E-state index contributed by atoms with van der Waals surface area (Å²) in [5, 5.41) is 0. The van der Waals surface area contributed by atoms with Crippen LogP contribution in [0.1, 0.15) is 48.6 Å². The fraction of sp³-hybridized carbons (Fsp3) is 0.286. The van der Waals surface area contributed by atoms with Crippen LogP contribution in [0.15, 0.2) is 84.9 Å². The number of hydrogen-bond acceptors (Lipinski definition) is 2. The minimum atomic E-state index is 0.182. The second-order valence-electron chi connectivity index (χ2n) is 8.95. The van der Waals surface area contributed by atoms with E-state index in [0.29, 0.717) is 6.54 Å². The SMILES string of the molecule is CC(C)(C)c1ccc(CN(CC=Cc2ccccc2)Cc2ccc(CN)cc2)cc1. The van der Waals surface area contributed by atoms with Crippen LogP contribution in [0.2, 0.25) is 0 Å². The Morgan fingerprint density at radius 3 is 1.80 bits per heavy atom. The molecule has 0 atom stereocenters. The van der Waals surface area contributed by atoms with Gasteiger partial charge in [-0.2, -0.15) is 0 Å². The maximum absolute atomic E-state index is 5.75. The molecule has 0 saturated heterocycles. The number of benzene rings is 3. The fourth-order valence-corrected chi connectivity index (χ4v) is 3.49. The normalized spacial score (nSPS) is 12.0. The molecule has 0 heterocycles. The minimum absolute atomic E-state index is 0.182. The van der Waals surface area contributed by atoms with Gasteiger partial charge in [0.05, 0.1) is 0 Å². The lowest BCUT2D eigenvalue weighted by Gasteiger charge is -2.23.